The van der Waals surface area contributed by atoms with Crippen molar-refractivity contribution in [1.82, 2.24) is 5.32 Å². The van der Waals surface area contributed by atoms with Crippen molar-refractivity contribution in [3.05, 3.63) is 88.7 Å². The van der Waals surface area contributed by atoms with Gasteiger partial charge in [-0.15, -0.1) is 0 Å². The highest BCUT2D eigenvalue weighted by Gasteiger charge is 2.22. The van der Waals surface area contributed by atoms with Crippen molar-refractivity contribution in [2.45, 2.75) is 12.6 Å². The van der Waals surface area contributed by atoms with Gasteiger partial charge in [-0.05, 0) is 11.1 Å². The minimum Gasteiger partial charge on any atom is -0.504 e. The van der Waals surface area contributed by atoms with Crippen LogP contribution in [0, 0.1) is 5.39 Å². The lowest BCUT2D eigenvalue weighted by Crippen LogP contribution is -2.30. The van der Waals surface area contributed by atoms with Crippen molar-refractivity contribution in [2.75, 3.05) is 0 Å². The van der Waals surface area contributed by atoms with Crippen molar-refractivity contribution < 1.29 is 14.6 Å². The van der Waals surface area contributed by atoms with Crippen LogP contribution in [0.2, 0.25) is 0 Å². The number of aliphatic hydroxyl groups excluding tert-OH is 1. The molecule has 0 fully saturated rings. The predicted octanol–water partition coefficient (Wildman–Crippen LogP) is 3.91. The van der Waals surface area contributed by atoms with E-state index in [2.05, 4.69) is 10.3 Å². The van der Waals surface area contributed by atoms with Gasteiger partial charge in [0.25, 0.3) is 0 Å². The van der Waals surface area contributed by atoms with E-state index in [0.717, 1.165) is 11.8 Å². The number of amides is 1. The molecule has 0 aliphatic carbocycles. The van der Waals surface area contributed by atoms with Gasteiger partial charge >= 0.3 is 12.3 Å². The number of nitrogens with zero attached hydrogens (tertiary/aromatic N) is 2. The first-order valence-electron chi connectivity index (χ1n) is 6.96. The lowest BCUT2D eigenvalue weighted by molar-refractivity contribution is 0.134. The van der Waals surface area contributed by atoms with Gasteiger partial charge in [-0.3, -0.25) is 0 Å². The van der Waals surface area contributed by atoms with Crippen LogP contribution in [0.3, 0.4) is 0 Å². The largest absolute Gasteiger partial charge is 0.504 e. The third-order valence-electron chi connectivity index (χ3n) is 3.09. The van der Waals surface area contributed by atoms with Gasteiger partial charge in [-0.25, -0.2) is 4.79 Å². The van der Waals surface area contributed by atoms with Crippen LogP contribution >= 0.6 is 0 Å². The molecule has 6 heteroatoms. The summed E-state index contributed by atoms with van der Waals surface area (Å²) in [6.45, 7) is 0.114. The fraction of sp³-hybridized carbons (Fsp3) is 0.118. The zero-order valence-corrected chi connectivity index (χ0v) is 12.3. The predicted molar refractivity (Wildman–Crippen MR) is 84.7 cm³/mol. The first-order chi connectivity index (χ1) is 11.2. The first kappa shape index (κ1) is 16.0. The number of hydrogen-bond donors (Lipinski definition) is 2. The van der Waals surface area contributed by atoms with E-state index in [0.29, 0.717) is 5.56 Å². The van der Waals surface area contributed by atoms with Crippen LogP contribution in [0.4, 0.5) is 4.79 Å². The van der Waals surface area contributed by atoms with Crippen molar-refractivity contribution in [3.63, 3.8) is 0 Å². The van der Waals surface area contributed by atoms with Crippen molar-refractivity contribution in [2.24, 2.45) is 0 Å². The SMILES string of the molecule is N#[N+]/C=C(\O)[C@H](NC(=O)OCc1ccccc1)c1ccccc1. The summed E-state index contributed by atoms with van der Waals surface area (Å²) in [4.78, 5) is 14.7. The molecule has 2 aromatic carbocycles. The van der Waals surface area contributed by atoms with E-state index < -0.39 is 12.1 Å². The van der Waals surface area contributed by atoms with Gasteiger partial charge in [0, 0.05) is 0 Å². The molecule has 0 saturated heterocycles. The highest BCUT2D eigenvalue weighted by atomic mass is 16.5. The third-order valence-corrected chi connectivity index (χ3v) is 3.09. The van der Waals surface area contributed by atoms with Gasteiger partial charge in [0.05, 0.1) is 0 Å². The van der Waals surface area contributed by atoms with Crippen LogP contribution < -0.4 is 5.32 Å². The second-order valence-corrected chi connectivity index (χ2v) is 4.72. The summed E-state index contributed by atoms with van der Waals surface area (Å²) < 4.78 is 5.13. The second kappa shape index (κ2) is 8.20. The molecule has 0 heterocycles. The summed E-state index contributed by atoms with van der Waals surface area (Å²) in [7, 11) is 0. The Hall–Kier alpha value is -3.33. The molecule has 6 nitrogen and oxygen atoms in total. The quantitative estimate of drug-likeness (QED) is 0.647. The summed E-state index contributed by atoms with van der Waals surface area (Å²) in [6, 6.07) is 17.2. The Morgan fingerprint density at radius 2 is 1.78 bits per heavy atom. The molecule has 2 rings (SSSR count). The van der Waals surface area contributed by atoms with Crippen LogP contribution in [-0.2, 0) is 11.3 Å². The minimum absolute atomic E-state index is 0.114. The fourth-order valence-electron chi connectivity index (χ4n) is 1.99. The van der Waals surface area contributed by atoms with Crippen LogP contribution in [0.15, 0.2) is 72.6 Å². The topological polar surface area (TPSA) is 86.7 Å². The molecule has 0 aliphatic rings. The molecule has 23 heavy (non-hydrogen) atoms. The van der Waals surface area contributed by atoms with E-state index >= 15 is 0 Å². The van der Waals surface area contributed by atoms with Crippen LogP contribution in [0.25, 0.3) is 4.98 Å². The van der Waals surface area contributed by atoms with E-state index in [-0.39, 0.29) is 12.4 Å². The fourth-order valence-corrected chi connectivity index (χ4v) is 1.99. The van der Waals surface area contributed by atoms with Gasteiger partial charge < -0.3 is 15.2 Å². The Kier molecular flexibility index (Phi) is 5.72. The Bertz CT molecular complexity index is 709. The number of nitrogens with one attached hydrogen (secondary N) is 1. The molecule has 116 valence electrons. The molecular formula is C17H16N3O3+. The lowest BCUT2D eigenvalue weighted by atomic mass is 10.1. The molecule has 1 atom stereocenters. The van der Waals surface area contributed by atoms with Crippen LogP contribution in [0.5, 0.6) is 0 Å². The zero-order valence-electron chi connectivity index (χ0n) is 12.3. The minimum atomic E-state index is -0.865. The maximum absolute atomic E-state index is 11.9. The van der Waals surface area contributed by atoms with Gasteiger partial charge in [0.15, 0.2) is 4.98 Å². The van der Waals surface area contributed by atoms with E-state index in [9.17, 15) is 9.90 Å². The maximum Gasteiger partial charge on any atom is 0.408 e. The van der Waals surface area contributed by atoms with E-state index in [1.54, 1.807) is 24.3 Å². The van der Waals surface area contributed by atoms with Crippen molar-refractivity contribution in [1.29, 1.82) is 5.39 Å². The lowest BCUT2D eigenvalue weighted by Gasteiger charge is -2.16. The molecule has 0 aromatic heterocycles. The van der Waals surface area contributed by atoms with E-state index in [1.807, 2.05) is 36.4 Å². The monoisotopic (exact) mass is 310 g/mol. The standard InChI is InChI=1S/C17H15N3O3/c18-19-11-15(21)16(14-9-5-2-6-10-14)20-17(22)23-12-13-7-3-1-4-8-13/h1-11,16H,12H2,(H-,20,21,22)/p+1/b15-11-/t16-/m1/s1. The maximum atomic E-state index is 11.9. The second-order valence-electron chi connectivity index (χ2n) is 4.72. The average Bonchev–Trinajstić information content (AvgIpc) is 2.59. The Morgan fingerprint density at radius 3 is 2.39 bits per heavy atom. The van der Waals surface area contributed by atoms with Crippen molar-refractivity contribution in [3.8, 4) is 0 Å². The van der Waals surface area contributed by atoms with Gasteiger partial charge in [0.2, 0.25) is 11.2 Å². The van der Waals surface area contributed by atoms with Crippen molar-refractivity contribution >= 4 is 6.09 Å². The molecule has 0 saturated carbocycles. The summed E-state index contributed by atoms with van der Waals surface area (Å²) >= 11 is 0. The molecule has 0 radical (unpaired) electrons. The summed E-state index contributed by atoms with van der Waals surface area (Å²) in [5.41, 5.74) is 1.48. The average molecular weight is 310 g/mol. The number of rotatable bonds is 5. The molecule has 2 N–H and O–H groups in total. The Balaban J connectivity index is 2.04. The Labute approximate surface area is 133 Å². The number of diazo groups is 1. The van der Waals surface area contributed by atoms with E-state index in [4.69, 9.17) is 10.1 Å². The van der Waals surface area contributed by atoms with Gasteiger partial charge in [-0.1, -0.05) is 60.7 Å². The Morgan fingerprint density at radius 1 is 1.17 bits per heavy atom. The number of carbonyl (C=O) groups excluding carboxylic acids is 1. The molecule has 2 aromatic rings. The number of alkyl carbamates (subject to hydrolysis) is 1. The highest BCUT2D eigenvalue weighted by Crippen LogP contribution is 2.20. The normalized spacial score (nSPS) is 12.0. The summed E-state index contributed by atoms with van der Waals surface area (Å²) in [5, 5.41) is 21.0. The summed E-state index contributed by atoms with van der Waals surface area (Å²) in [6.07, 6.45) is 0.162. The number of carbonyl (C=O) groups is 1. The number of benzene rings is 2. The number of hydrogen-bond acceptors (Lipinski definition) is 4. The first-order valence-corrected chi connectivity index (χ1v) is 6.96. The van der Waals surface area contributed by atoms with Gasteiger partial charge in [-0.2, -0.15) is 0 Å². The number of aliphatic hydroxyl groups is 1. The highest BCUT2D eigenvalue weighted by molar-refractivity contribution is 5.68. The molecule has 0 aliphatic heterocycles. The van der Waals surface area contributed by atoms with Crippen LogP contribution in [0.1, 0.15) is 17.2 Å². The summed E-state index contributed by atoms with van der Waals surface area (Å²) in [5.74, 6) is -0.310. The third kappa shape index (κ3) is 4.86. The molecular weight excluding hydrogens is 294 g/mol. The zero-order chi connectivity index (χ0) is 16.5. The van der Waals surface area contributed by atoms with Gasteiger partial charge in [0.1, 0.15) is 12.6 Å². The van der Waals surface area contributed by atoms with Crippen LogP contribution in [-0.4, -0.2) is 11.2 Å². The molecule has 0 bridgehead atoms. The number of ether oxygens (including phenoxy) is 1. The molecule has 1 amide bonds. The van der Waals surface area contributed by atoms with E-state index in [1.165, 1.54) is 0 Å². The molecule has 0 spiro atoms. The smallest absolute Gasteiger partial charge is 0.408 e. The molecule has 0 unspecified atom stereocenters.